The summed E-state index contributed by atoms with van der Waals surface area (Å²) in [4.78, 5) is 22.8. The molecule has 0 aliphatic carbocycles. The second kappa shape index (κ2) is 9.61. The van der Waals surface area contributed by atoms with Gasteiger partial charge in [-0.3, -0.25) is 4.79 Å². The smallest absolute Gasteiger partial charge is 0.352 e. The largest absolute Gasteiger partial charge is 0.493 e. The Kier molecular flexibility index (Phi) is 7.21. The van der Waals surface area contributed by atoms with Gasteiger partial charge < -0.3 is 15.2 Å². The van der Waals surface area contributed by atoms with Crippen molar-refractivity contribution in [3.05, 3.63) is 47.7 Å². The molecule has 138 valence electrons. The minimum atomic E-state index is -1.19. The Hall–Kier alpha value is -2.82. The Bertz CT molecular complexity index is 811. The van der Waals surface area contributed by atoms with Gasteiger partial charge in [0, 0.05) is 12.5 Å². The van der Waals surface area contributed by atoms with Crippen LogP contribution in [0.3, 0.4) is 0 Å². The van der Waals surface area contributed by atoms with Gasteiger partial charge in [-0.15, -0.1) is 0 Å². The van der Waals surface area contributed by atoms with Gasteiger partial charge in [-0.1, -0.05) is 56.5 Å². The molecule has 2 rings (SSSR count). The normalized spacial score (nSPS) is 11.4. The fraction of sp³-hybridized carbons (Fsp3) is 0.333. The van der Waals surface area contributed by atoms with Gasteiger partial charge in [0.1, 0.15) is 11.4 Å². The number of carboxylic acids is 1. The van der Waals surface area contributed by atoms with Crippen molar-refractivity contribution in [1.29, 1.82) is 0 Å². The van der Waals surface area contributed by atoms with Crippen molar-refractivity contribution in [1.82, 2.24) is 5.32 Å². The minimum absolute atomic E-state index is 0.176. The molecular weight excluding hydrogens is 330 g/mol. The van der Waals surface area contributed by atoms with Crippen molar-refractivity contribution in [2.75, 3.05) is 6.61 Å². The monoisotopic (exact) mass is 355 g/mol. The van der Waals surface area contributed by atoms with Crippen LogP contribution in [0, 0.1) is 0 Å². The van der Waals surface area contributed by atoms with E-state index in [4.69, 9.17) is 4.74 Å². The van der Waals surface area contributed by atoms with Crippen molar-refractivity contribution in [2.45, 2.75) is 39.5 Å². The van der Waals surface area contributed by atoms with Gasteiger partial charge in [0.2, 0.25) is 5.91 Å². The third-order valence-corrected chi connectivity index (χ3v) is 4.02. The fourth-order valence-corrected chi connectivity index (χ4v) is 2.75. The van der Waals surface area contributed by atoms with Crippen LogP contribution in [0.2, 0.25) is 0 Å². The van der Waals surface area contributed by atoms with Crippen LogP contribution < -0.4 is 10.1 Å². The van der Waals surface area contributed by atoms with Gasteiger partial charge in [-0.2, -0.15) is 0 Å². The number of fused-ring (bicyclic) bond motifs is 1. The number of hydrogen-bond acceptors (Lipinski definition) is 3. The van der Waals surface area contributed by atoms with E-state index in [-0.39, 0.29) is 5.70 Å². The fourth-order valence-electron chi connectivity index (χ4n) is 2.75. The highest BCUT2D eigenvalue weighted by molar-refractivity contribution is 6.01. The molecular formula is C21H25NO4. The van der Waals surface area contributed by atoms with Crippen LogP contribution in [0.25, 0.3) is 16.8 Å². The summed E-state index contributed by atoms with van der Waals surface area (Å²) in [5.74, 6) is -1.01. The SMILES string of the molecule is CCCCCCOc1ccc2ccccc2c1/C=C(\NC(C)=O)C(=O)O. The molecule has 5 heteroatoms. The van der Waals surface area contributed by atoms with Crippen molar-refractivity contribution >= 4 is 28.7 Å². The summed E-state index contributed by atoms with van der Waals surface area (Å²) < 4.78 is 5.93. The zero-order valence-electron chi connectivity index (χ0n) is 15.2. The van der Waals surface area contributed by atoms with Crippen LogP contribution in [0.5, 0.6) is 5.75 Å². The molecule has 5 nitrogen and oxygen atoms in total. The Balaban J connectivity index is 2.40. The van der Waals surface area contributed by atoms with E-state index in [9.17, 15) is 14.7 Å². The maximum atomic E-state index is 11.5. The summed E-state index contributed by atoms with van der Waals surface area (Å²) in [5, 5.41) is 13.6. The third-order valence-electron chi connectivity index (χ3n) is 4.02. The number of carbonyl (C=O) groups excluding carboxylic acids is 1. The summed E-state index contributed by atoms with van der Waals surface area (Å²) in [7, 11) is 0. The van der Waals surface area contributed by atoms with Gasteiger partial charge in [0.15, 0.2) is 0 Å². The number of rotatable bonds is 9. The maximum Gasteiger partial charge on any atom is 0.352 e. The molecule has 0 spiro atoms. The van der Waals surface area contributed by atoms with E-state index in [1.54, 1.807) is 0 Å². The van der Waals surface area contributed by atoms with Crippen molar-refractivity contribution < 1.29 is 19.4 Å². The molecule has 0 aliphatic rings. The second-order valence-electron chi connectivity index (χ2n) is 6.15. The number of aliphatic carboxylic acids is 1. The number of ether oxygens (including phenoxy) is 1. The topological polar surface area (TPSA) is 75.6 Å². The number of carboxylic acid groups (broad SMARTS) is 1. The zero-order chi connectivity index (χ0) is 18.9. The number of unbranched alkanes of at least 4 members (excludes halogenated alkanes) is 3. The number of amides is 1. The molecule has 0 aliphatic heterocycles. The average Bonchev–Trinajstić information content (AvgIpc) is 2.61. The maximum absolute atomic E-state index is 11.5. The molecule has 0 saturated heterocycles. The quantitative estimate of drug-likeness (QED) is 0.518. The molecule has 0 fully saturated rings. The van der Waals surface area contributed by atoms with E-state index < -0.39 is 11.9 Å². The molecule has 0 atom stereocenters. The standard InChI is InChI=1S/C21H25NO4/c1-3-4-5-8-13-26-20-12-11-16-9-6-7-10-17(16)18(20)14-19(21(24)25)22-15(2)23/h6-7,9-12,14H,3-5,8,13H2,1-2H3,(H,22,23)(H,24,25)/b19-14-. The van der Waals surface area contributed by atoms with Crippen LogP contribution in [0.4, 0.5) is 0 Å². The zero-order valence-corrected chi connectivity index (χ0v) is 15.2. The summed E-state index contributed by atoms with van der Waals surface area (Å²) in [5.41, 5.74) is 0.481. The first-order chi connectivity index (χ1) is 12.5. The highest BCUT2D eigenvalue weighted by Crippen LogP contribution is 2.30. The second-order valence-corrected chi connectivity index (χ2v) is 6.15. The van der Waals surface area contributed by atoms with Gasteiger partial charge in [0.05, 0.1) is 6.61 Å². The first-order valence-electron chi connectivity index (χ1n) is 8.90. The Morgan fingerprint density at radius 2 is 1.88 bits per heavy atom. The summed E-state index contributed by atoms with van der Waals surface area (Å²) in [6.07, 6.45) is 5.83. The molecule has 2 aromatic rings. The lowest BCUT2D eigenvalue weighted by Crippen LogP contribution is -2.24. The van der Waals surface area contributed by atoms with Crippen LogP contribution in [-0.2, 0) is 9.59 Å². The average molecular weight is 355 g/mol. The van der Waals surface area contributed by atoms with E-state index in [0.29, 0.717) is 17.9 Å². The molecule has 26 heavy (non-hydrogen) atoms. The number of nitrogens with one attached hydrogen (secondary N) is 1. The molecule has 2 aromatic carbocycles. The van der Waals surface area contributed by atoms with E-state index >= 15 is 0 Å². The van der Waals surface area contributed by atoms with Gasteiger partial charge in [-0.05, 0) is 29.3 Å². The summed E-state index contributed by atoms with van der Waals surface area (Å²) in [6, 6.07) is 11.5. The van der Waals surface area contributed by atoms with E-state index in [1.165, 1.54) is 19.4 Å². The minimum Gasteiger partial charge on any atom is -0.493 e. The third kappa shape index (κ3) is 5.34. The summed E-state index contributed by atoms with van der Waals surface area (Å²) in [6.45, 7) is 4.01. The van der Waals surface area contributed by atoms with Crippen LogP contribution in [0.1, 0.15) is 45.1 Å². The molecule has 2 N–H and O–H groups in total. The van der Waals surface area contributed by atoms with Gasteiger partial charge in [0.25, 0.3) is 0 Å². The molecule has 0 bridgehead atoms. The number of carbonyl (C=O) groups is 2. The molecule has 0 heterocycles. The Morgan fingerprint density at radius 3 is 2.58 bits per heavy atom. The molecule has 1 amide bonds. The van der Waals surface area contributed by atoms with Crippen molar-refractivity contribution in [2.24, 2.45) is 0 Å². The lowest BCUT2D eigenvalue weighted by molar-refractivity contribution is -0.134. The van der Waals surface area contributed by atoms with Crippen LogP contribution in [-0.4, -0.2) is 23.6 Å². The molecule has 0 saturated carbocycles. The van der Waals surface area contributed by atoms with E-state index in [0.717, 1.165) is 30.0 Å². The lowest BCUT2D eigenvalue weighted by atomic mass is 10.0. The highest BCUT2D eigenvalue weighted by Gasteiger charge is 2.13. The van der Waals surface area contributed by atoms with Gasteiger partial charge in [-0.25, -0.2) is 4.79 Å². The Morgan fingerprint density at radius 1 is 1.12 bits per heavy atom. The molecule has 0 unspecified atom stereocenters. The van der Waals surface area contributed by atoms with Crippen molar-refractivity contribution in [3.8, 4) is 5.75 Å². The molecule has 0 radical (unpaired) electrons. The van der Waals surface area contributed by atoms with Crippen LogP contribution in [0.15, 0.2) is 42.1 Å². The predicted octanol–water partition coefficient (Wildman–Crippen LogP) is 4.36. The van der Waals surface area contributed by atoms with Gasteiger partial charge >= 0.3 is 5.97 Å². The summed E-state index contributed by atoms with van der Waals surface area (Å²) >= 11 is 0. The molecule has 0 aromatic heterocycles. The number of benzene rings is 2. The number of hydrogen-bond donors (Lipinski definition) is 2. The van der Waals surface area contributed by atoms with E-state index in [1.807, 2.05) is 36.4 Å². The van der Waals surface area contributed by atoms with Crippen LogP contribution >= 0.6 is 0 Å². The predicted molar refractivity (Wildman–Crippen MR) is 103 cm³/mol. The van der Waals surface area contributed by atoms with Crippen molar-refractivity contribution in [3.63, 3.8) is 0 Å². The van der Waals surface area contributed by atoms with E-state index in [2.05, 4.69) is 12.2 Å². The first-order valence-corrected chi connectivity index (χ1v) is 8.90. The lowest BCUT2D eigenvalue weighted by Gasteiger charge is -2.13. The highest BCUT2D eigenvalue weighted by atomic mass is 16.5. The first kappa shape index (κ1) is 19.5. The Labute approximate surface area is 153 Å².